The molecule has 2 amide bonds. The first-order chi connectivity index (χ1) is 16.8. The van der Waals surface area contributed by atoms with E-state index in [0.29, 0.717) is 11.1 Å². The van der Waals surface area contributed by atoms with Crippen LogP contribution in [-0.2, 0) is 14.9 Å². The number of Topliss-reactive ketones (excluding diaryl/α,β-unsaturated/α-hetero) is 1. The van der Waals surface area contributed by atoms with Gasteiger partial charge in [0.05, 0.1) is 18.6 Å². The normalized spacial score (nSPS) is 14.9. The van der Waals surface area contributed by atoms with Gasteiger partial charge in [0.15, 0.2) is 17.3 Å². The third-order valence-corrected chi connectivity index (χ3v) is 7.14. The van der Waals surface area contributed by atoms with Gasteiger partial charge in [-0.3, -0.25) is 19.3 Å². The molecule has 0 bridgehead atoms. The highest BCUT2D eigenvalue weighted by molar-refractivity contribution is 8.18. The second-order valence-electron chi connectivity index (χ2n) is 7.32. The van der Waals surface area contributed by atoms with Gasteiger partial charge in [0, 0.05) is 5.56 Å². The van der Waals surface area contributed by atoms with Crippen LogP contribution in [0, 0.1) is 0 Å². The minimum atomic E-state index is -4.08. The molecule has 1 heterocycles. The summed E-state index contributed by atoms with van der Waals surface area (Å²) in [6.07, 6.45) is 1.47. The van der Waals surface area contributed by atoms with Gasteiger partial charge < -0.3 is 8.92 Å². The van der Waals surface area contributed by atoms with Crippen molar-refractivity contribution in [2.24, 2.45) is 0 Å². The molecule has 0 aromatic heterocycles. The number of imide groups is 1. The highest BCUT2D eigenvalue weighted by Crippen LogP contribution is 2.35. The molecule has 0 saturated carbocycles. The fraction of sp³-hybridized carbons (Fsp3) is 0.0800. The van der Waals surface area contributed by atoms with Gasteiger partial charge in [-0.25, -0.2) is 0 Å². The molecule has 0 unspecified atom stereocenters. The molecule has 3 aromatic rings. The van der Waals surface area contributed by atoms with E-state index in [1.54, 1.807) is 48.5 Å². The Morgan fingerprint density at radius 3 is 2.26 bits per heavy atom. The summed E-state index contributed by atoms with van der Waals surface area (Å²) in [5.74, 6) is -0.848. The highest BCUT2D eigenvalue weighted by Gasteiger charge is 2.36. The van der Waals surface area contributed by atoms with E-state index >= 15 is 0 Å². The summed E-state index contributed by atoms with van der Waals surface area (Å²) in [7, 11) is -2.72. The van der Waals surface area contributed by atoms with Crippen LogP contribution in [0.25, 0.3) is 6.08 Å². The maximum absolute atomic E-state index is 12.8. The minimum Gasteiger partial charge on any atom is -0.493 e. The van der Waals surface area contributed by atoms with Crippen molar-refractivity contribution >= 4 is 44.9 Å². The summed E-state index contributed by atoms with van der Waals surface area (Å²) in [5.41, 5.74) is 0.882. The number of hydrogen-bond donors (Lipinski definition) is 0. The fourth-order valence-electron chi connectivity index (χ4n) is 3.24. The summed E-state index contributed by atoms with van der Waals surface area (Å²) in [6, 6.07) is 20.5. The summed E-state index contributed by atoms with van der Waals surface area (Å²) in [4.78, 5) is 38.6. The quantitative estimate of drug-likeness (QED) is 0.250. The Balaban J connectivity index is 1.53. The van der Waals surface area contributed by atoms with E-state index in [-0.39, 0.29) is 33.6 Å². The first-order valence-corrected chi connectivity index (χ1v) is 12.5. The molecule has 0 atom stereocenters. The number of carbonyl (C=O) groups is 3. The SMILES string of the molecule is COc1cc(/C=C2/SC(=O)N(CC(=O)c3ccccc3)C2=O)ccc1OS(=O)(=O)c1ccccc1. The van der Waals surface area contributed by atoms with Gasteiger partial charge in [-0.2, -0.15) is 8.42 Å². The maximum atomic E-state index is 12.8. The number of benzene rings is 3. The molecule has 0 N–H and O–H groups in total. The predicted octanol–water partition coefficient (Wildman–Crippen LogP) is 4.38. The van der Waals surface area contributed by atoms with Gasteiger partial charge in [-0.15, -0.1) is 0 Å². The molecule has 35 heavy (non-hydrogen) atoms. The van der Waals surface area contributed by atoms with Gasteiger partial charge in [-0.05, 0) is 47.7 Å². The number of thioether (sulfide) groups is 1. The van der Waals surface area contributed by atoms with Crippen molar-refractivity contribution in [2.75, 3.05) is 13.7 Å². The lowest BCUT2D eigenvalue weighted by atomic mass is 10.1. The van der Waals surface area contributed by atoms with E-state index in [9.17, 15) is 22.8 Å². The topological polar surface area (TPSA) is 107 Å². The van der Waals surface area contributed by atoms with E-state index in [1.807, 2.05) is 0 Å². The standard InChI is InChI=1S/C25H19NO7S2/c1-32-22-14-17(12-13-21(22)33-35(30,31)19-10-6-3-7-11-19)15-23-24(28)26(25(29)34-23)16-20(27)18-8-4-2-5-9-18/h2-15H,16H2,1H3/b23-15+. The van der Waals surface area contributed by atoms with Crippen LogP contribution >= 0.6 is 11.8 Å². The van der Waals surface area contributed by atoms with Crippen LogP contribution < -0.4 is 8.92 Å². The molecule has 0 spiro atoms. The Morgan fingerprint density at radius 1 is 0.943 bits per heavy atom. The van der Waals surface area contributed by atoms with E-state index in [1.165, 1.54) is 43.5 Å². The van der Waals surface area contributed by atoms with Crippen molar-refractivity contribution in [1.82, 2.24) is 4.90 Å². The van der Waals surface area contributed by atoms with Crippen molar-refractivity contribution in [3.8, 4) is 11.5 Å². The third-order valence-electron chi connectivity index (χ3n) is 4.99. The van der Waals surface area contributed by atoms with Crippen molar-refractivity contribution in [3.63, 3.8) is 0 Å². The number of nitrogens with zero attached hydrogens (tertiary/aromatic N) is 1. The van der Waals surface area contributed by atoms with Crippen LogP contribution in [0.5, 0.6) is 11.5 Å². The molecule has 8 nitrogen and oxygen atoms in total. The molecule has 1 fully saturated rings. The third kappa shape index (κ3) is 5.44. The monoisotopic (exact) mass is 509 g/mol. The summed E-state index contributed by atoms with van der Waals surface area (Å²) in [5, 5.41) is -0.550. The second kappa shape index (κ2) is 10.2. The van der Waals surface area contributed by atoms with Gasteiger partial charge in [0.1, 0.15) is 4.90 Å². The lowest BCUT2D eigenvalue weighted by Crippen LogP contribution is -2.33. The zero-order valence-electron chi connectivity index (χ0n) is 18.4. The average Bonchev–Trinajstić information content (AvgIpc) is 3.13. The number of amides is 2. The molecular formula is C25H19NO7S2. The van der Waals surface area contributed by atoms with Crippen molar-refractivity contribution < 1.29 is 31.7 Å². The van der Waals surface area contributed by atoms with Crippen molar-refractivity contribution in [3.05, 3.63) is 94.9 Å². The van der Waals surface area contributed by atoms with Gasteiger partial charge in [0.25, 0.3) is 11.1 Å². The zero-order valence-corrected chi connectivity index (χ0v) is 20.0. The molecule has 4 rings (SSSR count). The number of hydrogen-bond acceptors (Lipinski definition) is 8. The Kier molecular flexibility index (Phi) is 7.04. The highest BCUT2D eigenvalue weighted by atomic mass is 32.2. The van der Waals surface area contributed by atoms with Crippen LogP contribution in [0.2, 0.25) is 0 Å². The lowest BCUT2D eigenvalue weighted by Gasteiger charge is -2.12. The van der Waals surface area contributed by atoms with Crippen LogP contribution in [0.15, 0.2) is 88.7 Å². The van der Waals surface area contributed by atoms with E-state index < -0.39 is 21.3 Å². The molecule has 0 aliphatic carbocycles. The van der Waals surface area contributed by atoms with Crippen LogP contribution in [0.1, 0.15) is 15.9 Å². The van der Waals surface area contributed by atoms with E-state index in [0.717, 1.165) is 16.7 Å². The van der Waals surface area contributed by atoms with Gasteiger partial charge >= 0.3 is 10.1 Å². The summed E-state index contributed by atoms with van der Waals surface area (Å²) >= 11 is 0.717. The number of methoxy groups -OCH3 is 1. The Morgan fingerprint density at radius 2 is 1.60 bits per heavy atom. The first-order valence-electron chi connectivity index (χ1n) is 10.3. The Labute approximate surface area is 206 Å². The van der Waals surface area contributed by atoms with Gasteiger partial charge in [0.2, 0.25) is 0 Å². The largest absolute Gasteiger partial charge is 0.493 e. The average molecular weight is 510 g/mol. The molecule has 3 aromatic carbocycles. The first kappa shape index (κ1) is 24.2. The van der Waals surface area contributed by atoms with Crippen LogP contribution in [0.4, 0.5) is 4.79 Å². The number of carbonyl (C=O) groups excluding carboxylic acids is 3. The number of rotatable bonds is 8. The molecule has 0 radical (unpaired) electrons. The predicted molar refractivity (Wildman–Crippen MR) is 131 cm³/mol. The second-order valence-corrected chi connectivity index (χ2v) is 9.86. The fourth-order valence-corrected chi connectivity index (χ4v) is 5.04. The van der Waals surface area contributed by atoms with E-state index in [2.05, 4.69) is 0 Å². The Hall–Kier alpha value is -3.89. The van der Waals surface area contributed by atoms with Crippen LogP contribution in [0.3, 0.4) is 0 Å². The van der Waals surface area contributed by atoms with Crippen LogP contribution in [-0.4, -0.2) is 43.9 Å². The lowest BCUT2D eigenvalue weighted by molar-refractivity contribution is -0.122. The minimum absolute atomic E-state index is 0.00939. The molecule has 1 aliphatic rings. The van der Waals surface area contributed by atoms with Crippen molar-refractivity contribution in [1.29, 1.82) is 0 Å². The van der Waals surface area contributed by atoms with Crippen molar-refractivity contribution in [2.45, 2.75) is 4.90 Å². The number of ether oxygens (including phenoxy) is 1. The molecule has 10 heteroatoms. The van der Waals surface area contributed by atoms with E-state index in [4.69, 9.17) is 8.92 Å². The molecule has 178 valence electrons. The summed E-state index contributed by atoms with van der Waals surface area (Å²) < 4.78 is 35.6. The molecule has 1 aliphatic heterocycles. The smallest absolute Gasteiger partial charge is 0.339 e. The zero-order chi connectivity index (χ0) is 25.0. The maximum Gasteiger partial charge on any atom is 0.339 e. The van der Waals surface area contributed by atoms with Gasteiger partial charge in [-0.1, -0.05) is 54.6 Å². The Bertz CT molecular complexity index is 1420. The summed E-state index contributed by atoms with van der Waals surface area (Å²) in [6.45, 7) is -0.362. The number of ketones is 1. The molecule has 1 saturated heterocycles. The molecular weight excluding hydrogens is 490 g/mol.